The number of ether oxygens (including phenoxy) is 1. The summed E-state index contributed by atoms with van der Waals surface area (Å²) in [6.45, 7) is 6.28. The van der Waals surface area contributed by atoms with E-state index in [1.807, 2.05) is 0 Å². The molecule has 0 saturated heterocycles. The summed E-state index contributed by atoms with van der Waals surface area (Å²) in [5, 5.41) is 0. The van der Waals surface area contributed by atoms with E-state index in [0.29, 0.717) is 30.9 Å². The number of halogens is 1. The van der Waals surface area contributed by atoms with E-state index < -0.39 is 0 Å². The van der Waals surface area contributed by atoms with Crippen LogP contribution in [0.3, 0.4) is 0 Å². The van der Waals surface area contributed by atoms with Crippen LogP contribution in [0.1, 0.15) is 5.56 Å². The Morgan fingerprint density at radius 3 is 2.88 bits per heavy atom. The first kappa shape index (κ1) is 13.7. The van der Waals surface area contributed by atoms with Crippen LogP contribution in [0.4, 0.5) is 10.1 Å². The van der Waals surface area contributed by atoms with E-state index in [1.54, 1.807) is 25.3 Å². The van der Waals surface area contributed by atoms with Gasteiger partial charge in [-0.1, -0.05) is 12.1 Å². The van der Waals surface area contributed by atoms with Crippen LogP contribution in [-0.2, 0) is 11.3 Å². The van der Waals surface area contributed by atoms with Crippen LogP contribution < -0.4 is 5.73 Å². The van der Waals surface area contributed by atoms with Crippen molar-refractivity contribution in [2.24, 2.45) is 0 Å². The second-order valence-electron chi connectivity index (χ2n) is 3.87. The van der Waals surface area contributed by atoms with Crippen LogP contribution in [0.2, 0.25) is 0 Å². The minimum atomic E-state index is -0.267. The molecular formula is C13H19FN2O. The third kappa shape index (κ3) is 4.54. The highest BCUT2D eigenvalue weighted by atomic mass is 19.1. The molecule has 0 atom stereocenters. The molecule has 2 N–H and O–H groups in total. The fourth-order valence-corrected chi connectivity index (χ4v) is 1.57. The molecular weight excluding hydrogens is 219 g/mol. The maximum absolute atomic E-state index is 13.6. The third-order valence-electron chi connectivity index (χ3n) is 2.47. The van der Waals surface area contributed by atoms with Gasteiger partial charge in [0.2, 0.25) is 0 Å². The topological polar surface area (TPSA) is 38.5 Å². The maximum Gasteiger partial charge on any atom is 0.129 e. The molecule has 0 unspecified atom stereocenters. The van der Waals surface area contributed by atoms with Crippen LogP contribution in [0, 0.1) is 5.82 Å². The fraction of sp³-hybridized carbons (Fsp3) is 0.385. The van der Waals surface area contributed by atoms with Crippen molar-refractivity contribution >= 4 is 5.69 Å². The second kappa shape index (κ2) is 7.04. The van der Waals surface area contributed by atoms with Gasteiger partial charge < -0.3 is 10.5 Å². The molecule has 0 fully saturated rings. The van der Waals surface area contributed by atoms with E-state index in [1.165, 1.54) is 6.07 Å². The van der Waals surface area contributed by atoms with Gasteiger partial charge in [-0.15, -0.1) is 6.58 Å². The van der Waals surface area contributed by atoms with E-state index in [0.717, 1.165) is 6.54 Å². The Morgan fingerprint density at radius 2 is 2.29 bits per heavy atom. The Labute approximate surface area is 102 Å². The Morgan fingerprint density at radius 1 is 1.53 bits per heavy atom. The first-order chi connectivity index (χ1) is 8.17. The molecule has 0 bridgehead atoms. The minimum Gasteiger partial charge on any atom is -0.399 e. The van der Waals surface area contributed by atoms with Crippen molar-refractivity contribution < 1.29 is 9.13 Å². The number of hydrogen-bond donors (Lipinski definition) is 1. The van der Waals surface area contributed by atoms with E-state index in [-0.39, 0.29) is 5.82 Å². The van der Waals surface area contributed by atoms with E-state index in [4.69, 9.17) is 10.5 Å². The molecule has 1 aromatic carbocycles. The van der Waals surface area contributed by atoms with Gasteiger partial charge in [0.15, 0.2) is 0 Å². The van der Waals surface area contributed by atoms with Crippen molar-refractivity contribution in [2.45, 2.75) is 6.54 Å². The molecule has 0 radical (unpaired) electrons. The van der Waals surface area contributed by atoms with Gasteiger partial charge in [0.05, 0.1) is 6.61 Å². The van der Waals surface area contributed by atoms with Crippen LogP contribution in [-0.4, -0.2) is 31.7 Å². The van der Waals surface area contributed by atoms with Gasteiger partial charge in [0.25, 0.3) is 0 Å². The lowest BCUT2D eigenvalue weighted by Gasteiger charge is -2.20. The van der Waals surface area contributed by atoms with Gasteiger partial charge in [-0.25, -0.2) is 4.39 Å². The zero-order valence-electron chi connectivity index (χ0n) is 10.2. The molecule has 0 aliphatic rings. The smallest absolute Gasteiger partial charge is 0.129 e. The Hall–Kier alpha value is -1.39. The summed E-state index contributed by atoms with van der Waals surface area (Å²) in [5.41, 5.74) is 6.59. The van der Waals surface area contributed by atoms with Crippen LogP contribution >= 0.6 is 0 Å². The Balaban J connectivity index is 2.67. The predicted octanol–water partition coefficient (Wildman–Crippen LogP) is 2.04. The standard InChI is InChI=1S/C13H19FN2O/c1-3-6-16(7-8-17-2)10-11-4-5-12(15)9-13(11)14/h3-5,9H,1,6-8,10,15H2,2H3. The number of nitrogens with two attached hydrogens (primary N) is 1. The number of nitrogen functional groups attached to an aromatic ring is 1. The number of hydrogen-bond acceptors (Lipinski definition) is 3. The van der Waals surface area contributed by atoms with Crippen molar-refractivity contribution in [1.29, 1.82) is 0 Å². The molecule has 0 aliphatic heterocycles. The summed E-state index contributed by atoms with van der Waals surface area (Å²) >= 11 is 0. The lowest BCUT2D eigenvalue weighted by Crippen LogP contribution is -2.27. The predicted molar refractivity (Wildman–Crippen MR) is 68.2 cm³/mol. The first-order valence-corrected chi connectivity index (χ1v) is 5.53. The van der Waals surface area contributed by atoms with Crippen LogP contribution in [0.25, 0.3) is 0 Å². The van der Waals surface area contributed by atoms with Gasteiger partial charge in [-0.05, 0) is 12.1 Å². The van der Waals surface area contributed by atoms with Gasteiger partial charge in [-0.2, -0.15) is 0 Å². The highest BCUT2D eigenvalue weighted by Crippen LogP contribution is 2.14. The molecule has 1 rings (SSSR count). The largest absolute Gasteiger partial charge is 0.399 e. The summed E-state index contributed by atoms with van der Waals surface area (Å²) in [5.74, 6) is -0.267. The molecule has 0 amide bonds. The Bertz CT molecular complexity index is 368. The van der Waals surface area contributed by atoms with E-state index >= 15 is 0 Å². The lowest BCUT2D eigenvalue weighted by molar-refractivity contribution is 0.150. The highest BCUT2D eigenvalue weighted by molar-refractivity contribution is 5.40. The first-order valence-electron chi connectivity index (χ1n) is 5.53. The summed E-state index contributed by atoms with van der Waals surface area (Å²) in [6.07, 6.45) is 1.80. The molecule has 0 heterocycles. The van der Waals surface area contributed by atoms with E-state index in [9.17, 15) is 4.39 Å². The number of nitrogens with zero attached hydrogens (tertiary/aromatic N) is 1. The lowest BCUT2D eigenvalue weighted by atomic mass is 10.2. The monoisotopic (exact) mass is 238 g/mol. The zero-order valence-corrected chi connectivity index (χ0v) is 10.2. The van der Waals surface area contributed by atoms with Crippen LogP contribution in [0.5, 0.6) is 0 Å². The van der Waals surface area contributed by atoms with Crippen LogP contribution in [0.15, 0.2) is 30.9 Å². The average Bonchev–Trinajstić information content (AvgIpc) is 2.29. The van der Waals surface area contributed by atoms with Gasteiger partial charge in [0, 0.05) is 38.0 Å². The molecule has 0 spiro atoms. The van der Waals surface area contributed by atoms with Gasteiger partial charge in [0.1, 0.15) is 5.82 Å². The Kier molecular flexibility index (Phi) is 5.66. The number of anilines is 1. The average molecular weight is 238 g/mol. The highest BCUT2D eigenvalue weighted by Gasteiger charge is 2.08. The minimum absolute atomic E-state index is 0.267. The molecule has 0 saturated carbocycles. The normalized spacial score (nSPS) is 10.8. The van der Waals surface area contributed by atoms with Crippen molar-refractivity contribution in [2.75, 3.05) is 32.5 Å². The molecule has 17 heavy (non-hydrogen) atoms. The van der Waals surface area contributed by atoms with Gasteiger partial charge >= 0.3 is 0 Å². The molecule has 0 aliphatic carbocycles. The van der Waals surface area contributed by atoms with Crippen molar-refractivity contribution in [3.8, 4) is 0 Å². The van der Waals surface area contributed by atoms with Crippen molar-refractivity contribution in [1.82, 2.24) is 4.90 Å². The maximum atomic E-state index is 13.6. The van der Waals surface area contributed by atoms with E-state index in [2.05, 4.69) is 11.5 Å². The van der Waals surface area contributed by atoms with Crippen molar-refractivity contribution in [3.05, 3.63) is 42.2 Å². The molecule has 1 aromatic rings. The molecule has 4 heteroatoms. The number of rotatable bonds is 7. The summed E-state index contributed by atoms with van der Waals surface area (Å²) < 4.78 is 18.6. The molecule has 0 aromatic heterocycles. The van der Waals surface area contributed by atoms with Crippen molar-refractivity contribution in [3.63, 3.8) is 0 Å². The summed E-state index contributed by atoms with van der Waals surface area (Å²) in [6, 6.07) is 4.77. The molecule has 94 valence electrons. The third-order valence-corrected chi connectivity index (χ3v) is 2.47. The summed E-state index contributed by atoms with van der Waals surface area (Å²) in [4.78, 5) is 2.06. The quantitative estimate of drug-likeness (QED) is 0.583. The summed E-state index contributed by atoms with van der Waals surface area (Å²) in [7, 11) is 1.65. The zero-order chi connectivity index (χ0) is 12.7. The second-order valence-corrected chi connectivity index (χ2v) is 3.87. The number of benzene rings is 1. The SMILES string of the molecule is C=CCN(CCOC)Cc1ccc(N)cc1F. The molecule has 3 nitrogen and oxygen atoms in total. The fourth-order valence-electron chi connectivity index (χ4n) is 1.57. The van der Waals surface area contributed by atoms with Gasteiger partial charge in [-0.3, -0.25) is 4.90 Å². The number of methoxy groups -OCH3 is 1.